The highest BCUT2D eigenvalue weighted by Gasteiger charge is 2.54. The molecule has 2 N–H and O–H groups in total. The lowest BCUT2D eigenvalue weighted by Gasteiger charge is -2.52. The van der Waals surface area contributed by atoms with Crippen LogP contribution in [0.1, 0.15) is 188 Å². The predicted octanol–water partition coefficient (Wildman–Crippen LogP) is 9.22. The molecule has 0 radical (unpaired) electrons. The standard InChI is InChI=1S/C38H71NO6/c1-5-9-10-11-12-13-14-15-16-17-18-19-20-21-22-23-24-25-26-27-28-32-39(33(29-6-2)36(40)41,34(30-7-3)37(42)43)35(31-8-4)38(44)45/h19-20,33-35H,5-18,21-32H2,1-4H3,(H2-,40,41,42,43,44,45)/b20-19+. The van der Waals surface area contributed by atoms with Crippen molar-refractivity contribution in [2.45, 2.75) is 206 Å². The fourth-order valence-electron chi connectivity index (χ4n) is 7.15. The third-order valence-electron chi connectivity index (χ3n) is 9.58. The summed E-state index contributed by atoms with van der Waals surface area (Å²) in [6.07, 6.45) is 30.0. The fraction of sp³-hybridized carbons (Fsp3) is 0.868. The van der Waals surface area contributed by atoms with Gasteiger partial charge in [0, 0.05) is 19.3 Å². The molecule has 0 bridgehead atoms. The number of aliphatic carboxylic acids is 3. The SMILES string of the molecule is CCCCCCCCCCCC/C=C/CCCCCCCCC[N+](C(CCC)C(=O)[O-])(C(CCC)C(=O)O)C(CCC)C(=O)O. The molecular formula is C38H71NO6. The zero-order valence-electron chi connectivity index (χ0n) is 29.7. The van der Waals surface area contributed by atoms with Crippen LogP contribution in [0.15, 0.2) is 12.2 Å². The molecule has 3 atom stereocenters. The van der Waals surface area contributed by atoms with Crippen LogP contribution < -0.4 is 5.11 Å². The van der Waals surface area contributed by atoms with Gasteiger partial charge < -0.3 is 20.1 Å². The van der Waals surface area contributed by atoms with Crippen LogP contribution in [0.5, 0.6) is 0 Å². The topological polar surface area (TPSA) is 115 Å². The van der Waals surface area contributed by atoms with Crippen molar-refractivity contribution >= 4 is 17.9 Å². The maximum Gasteiger partial charge on any atom is 0.362 e. The second kappa shape index (κ2) is 28.3. The Labute approximate surface area is 276 Å². The summed E-state index contributed by atoms with van der Waals surface area (Å²) in [4.78, 5) is 37.7. The van der Waals surface area contributed by atoms with Gasteiger partial charge in [0.1, 0.15) is 6.04 Å². The maximum atomic E-state index is 12.6. The quantitative estimate of drug-likeness (QED) is 0.0421. The third-order valence-corrected chi connectivity index (χ3v) is 9.58. The minimum atomic E-state index is -1.33. The minimum Gasteiger partial charge on any atom is -0.544 e. The van der Waals surface area contributed by atoms with Gasteiger partial charge >= 0.3 is 11.9 Å². The van der Waals surface area contributed by atoms with Crippen LogP contribution in [-0.4, -0.2) is 57.3 Å². The Morgan fingerprint density at radius 1 is 0.511 bits per heavy atom. The second-order valence-corrected chi connectivity index (χ2v) is 13.3. The molecule has 0 aliphatic heterocycles. The third kappa shape index (κ3) is 18.1. The molecule has 7 nitrogen and oxygen atoms in total. The number of allylic oxidation sites excluding steroid dienone is 2. The Morgan fingerprint density at radius 2 is 0.844 bits per heavy atom. The molecule has 0 saturated heterocycles. The van der Waals surface area contributed by atoms with Crippen LogP contribution in [0, 0.1) is 0 Å². The molecule has 0 aromatic rings. The fourth-order valence-corrected chi connectivity index (χ4v) is 7.15. The van der Waals surface area contributed by atoms with Gasteiger partial charge in [-0.2, -0.15) is 0 Å². The van der Waals surface area contributed by atoms with Gasteiger partial charge in [-0.25, -0.2) is 9.59 Å². The molecule has 0 aliphatic rings. The summed E-state index contributed by atoms with van der Waals surface area (Å²) in [5, 5.41) is 33.1. The van der Waals surface area contributed by atoms with E-state index in [1.54, 1.807) is 0 Å². The van der Waals surface area contributed by atoms with Crippen LogP contribution in [-0.2, 0) is 14.4 Å². The number of carboxylic acids is 3. The lowest BCUT2D eigenvalue weighted by Crippen LogP contribution is -2.74. The van der Waals surface area contributed by atoms with Gasteiger partial charge in [0.05, 0.1) is 12.5 Å². The number of hydrogen-bond acceptors (Lipinski definition) is 4. The molecule has 0 fully saturated rings. The Bertz CT molecular complexity index is 722. The summed E-state index contributed by atoms with van der Waals surface area (Å²) >= 11 is 0. The van der Waals surface area contributed by atoms with Crippen molar-refractivity contribution in [1.29, 1.82) is 0 Å². The van der Waals surface area contributed by atoms with E-state index in [0.29, 0.717) is 25.7 Å². The maximum absolute atomic E-state index is 12.6. The van der Waals surface area contributed by atoms with E-state index in [4.69, 9.17) is 0 Å². The summed E-state index contributed by atoms with van der Waals surface area (Å²) < 4.78 is -0.437. The summed E-state index contributed by atoms with van der Waals surface area (Å²) in [5.74, 6) is -3.56. The lowest BCUT2D eigenvalue weighted by atomic mass is 9.91. The highest BCUT2D eigenvalue weighted by Crippen LogP contribution is 2.34. The zero-order valence-corrected chi connectivity index (χ0v) is 29.7. The molecular weight excluding hydrogens is 566 g/mol. The first-order chi connectivity index (χ1) is 21.7. The molecule has 0 rings (SSSR count). The molecule has 3 unspecified atom stereocenters. The van der Waals surface area contributed by atoms with Crippen molar-refractivity contribution in [2.24, 2.45) is 0 Å². The normalized spacial score (nSPS) is 15.1. The lowest BCUT2D eigenvalue weighted by molar-refractivity contribution is -0.975. The number of quaternary nitrogens is 1. The van der Waals surface area contributed by atoms with E-state index in [1.165, 1.54) is 83.5 Å². The van der Waals surface area contributed by atoms with Gasteiger partial charge in [0.15, 0.2) is 12.1 Å². The number of carbonyl (C=O) groups is 3. The Balaban J connectivity index is 4.69. The van der Waals surface area contributed by atoms with Gasteiger partial charge in [-0.1, -0.05) is 130 Å². The van der Waals surface area contributed by atoms with Crippen molar-refractivity contribution < 1.29 is 34.2 Å². The van der Waals surface area contributed by atoms with Crippen molar-refractivity contribution in [3.8, 4) is 0 Å². The molecule has 0 heterocycles. The smallest absolute Gasteiger partial charge is 0.362 e. The Morgan fingerprint density at radius 3 is 1.18 bits per heavy atom. The molecule has 0 aromatic heterocycles. The van der Waals surface area contributed by atoms with E-state index in [0.717, 1.165) is 32.1 Å². The van der Waals surface area contributed by atoms with Crippen molar-refractivity contribution in [3.63, 3.8) is 0 Å². The van der Waals surface area contributed by atoms with Gasteiger partial charge in [-0.15, -0.1) is 0 Å². The number of carboxylic acid groups (broad SMARTS) is 3. The van der Waals surface area contributed by atoms with Crippen molar-refractivity contribution in [1.82, 2.24) is 0 Å². The highest BCUT2D eigenvalue weighted by atomic mass is 16.4. The first kappa shape index (κ1) is 43.1. The number of nitrogens with zero attached hydrogens (tertiary/aromatic N) is 1. The minimum absolute atomic E-state index is 0.205. The number of carbonyl (C=O) groups excluding carboxylic acids is 1. The number of rotatable bonds is 33. The van der Waals surface area contributed by atoms with Crippen molar-refractivity contribution in [2.75, 3.05) is 6.54 Å². The molecule has 7 heteroatoms. The number of hydrogen-bond donors (Lipinski definition) is 2. The van der Waals surface area contributed by atoms with Crippen LogP contribution in [0.4, 0.5) is 0 Å². The van der Waals surface area contributed by atoms with E-state index >= 15 is 0 Å². The molecule has 0 aliphatic carbocycles. The molecule has 264 valence electrons. The van der Waals surface area contributed by atoms with E-state index < -0.39 is 40.5 Å². The Kier molecular flexibility index (Phi) is 27.2. The summed E-state index contributed by atoms with van der Waals surface area (Å²) in [6, 6.07) is -3.33. The van der Waals surface area contributed by atoms with Crippen LogP contribution in [0.2, 0.25) is 0 Å². The second-order valence-electron chi connectivity index (χ2n) is 13.3. The van der Waals surface area contributed by atoms with Gasteiger partial charge in [0.25, 0.3) is 0 Å². The van der Waals surface area contributed by atoms with E-state index in [9.17, 15) is 29.7 Å². The zero-order chi connectivity index (χ0) is 33.8. The summed E-state index contributed by atoms with van der Waals surface area (Å²) in [5.41, 5.74) is 0. The Hall–Kier alpha value is -1.89. The molecule has 45 heavy (non-hydrogen) atoms. The molecule has 0 saturated carbocycles. The van der Waals surface area contributed by atoms with Gasteiger partial charge in [0.2, 0.25) is 0 Å². The first-order valence-corrected chi connectivity index (χ1v) is 18.9. The summed E-state index contributed by atoms with van der Waals surface area (Å²) in [6.45, 7) is 8.08. The van der Waals surface area contributed by atoms with Gasteiger partial charge in [-0.05, 0) is 51.4 Å². The summed E-state index contributed by atoms with van der Waals surface area (Å²) in [7, 11) is 0. The van der Waals surface area contributed by atoms with E-state index in [1.807, 2.05) is 20.8 Å². The first-order valence-electron chi connectivity index (χ1n) is 18.9. The van der Waals surface area contributed by atoms with Crippen LogP contribution >= 0.6 is 0 Å². The van der Waals surface area contributed by atoms with E-state index in [-0.39, 0.29) is 25.8 Å². The monoisotopic (exact) mass is 638 g/mol. The average molecular weight is 638 g/mol. The highest BCUT2D eigenvalue weighted by molar-refractivity contribution is 5.77. The van der Waals surface area contributed by atoms with Crippen LogP contribution in [0.3, 0.4) is 0 Å². The molecule has 0 amide bonds. The largest absolute Gasteiger partial charge is 0.544 e. The van der Waals surface area contributed by atoms with Crippen LogP contribution in [0.25, 0.3) is 0 Å². The van der Waals surface area contributed by atoms with Crippen molar-refractivity contribution in [3.05, 3.63) is 12.2 Å². The predicted molar refractivity (Wildman–Crippen MR) is 184 cm³/mol. The van der Waals surface area contributed by atoms with E-state index in [2.05, 4.69) is 19.1 Å². The van der Waals surface area contributed by atoms with Gasteiger partial charge in [-0.3, -0.25) is 4.48 Å². The molecule has 0 aromatic carbocycles. The number of unbranched alkanes of at least 4 members (excludes halogenated alkanes) is 17. The average Bonchev–Trinajstić information content (AvgIpc) is 3.00. The molecule has 0 spiro atoms.